The number of hydrogen-bond donors (Lipinski definition) is 0. The van der Waals surface area contributed by atoms with Gasteiger partial charge in [0.2, 0.25) is 5.91 Å². The highest BCUT2D eigenvalue weighted by molar-refractivity contribution is 6.23. The summed E-state index contributed by atoms with van der Waals surface area (Å²) in [5.41, 5.74) is 3.53. The first kappa shape index (κ1) is 22.8. The van der Waals surface area contributed by atoms with Crippen LogP contribution in [0.15, 0.2) is 53.2 Å². The minimum Gasteiger partial charge on any atom is -0.370 e. The molecule has 0 aliphatic carbocycles. The van der Waals surface area contributed by atoms with Crippen LogP contribution in [0.4, 0.5) is 5.69 Å². The van der Waals surface area contributed by atoms with Gasteiger partial charge in [-0.1, -0.05) is 46.7 Å². The summed E-state index contributed by atoms with van der Waals surface area (Å²) in [4.78, 5) is 44.7. The van der Waals surface area contributed by atoms with E-state index in [1.165, 1.54) is 4.90 Å². The highest BCUT2D eigenvalue weighted by Gasteiger charge is 2.40. The number of carbonyl (C=O) groups is 3. The Morgan fingerprint density at radius 1 is 1.09 bits per heavy atom. The summed E-state index contributed by atoms with van der Waals surface area (Å²) in [5.74, 6) is -0.816. The maximum absolute atomic E-state index is 13.4. The van der Waals surface area contributed by atoms with Crippen LogP contribution < -0.4 is 4.90 Å². The topological polar surface area (TPSA) is 99.8 Å². The summed E-state index contributed by atoms with van der Waals surface area (Å²) < 4.78 is 4.72. The number of nitrogens with zero attached hydrogens (tertiary/aromatic N) is 5. The van der Waals surface area contributed by atoms with Crippen LogP contribution in [0.1, 0.15) is 50.5 Å². The summed E-state index contributed by atoms with van der Waals surface area (Å²) in [6.07, 6.45) is 1.62. The molecule has 0 N–H and O–H groups in total. The van der Waals surface area contributed by atoms with E-state index in [0.29, 0.717) is 41.3 Å². The number of fused-ring (bicyclic) bond motifs is 1. The molecule has 2 aliphatic heterocycles. The third-order valence-corrected chi connectivity index (χ3v) is 6.78. The predicted octanol–water partition coefficient (Wildman–Crippen LogP) is 3.05. The first-order valence-corrected chi connectivity index (χ1v) is 11.7. The lowest BCUT2D eigenvalue weighted by atomic mass is 9.94. The summed E-state index contributed by atoms with van der Waals surface area (Å²) in [7, 11) is 1.83. The van der Waals surface area contributed by atoms with Gasteiger partial charge in [-0.05, 0) is 37.5 Å². The summed E-state index contributed by atoms with van der Waals surface area (Å²) in [6, 6.07) is 15.2. The summed E-state index contributed by atoms with van der Waals surface area (Å²) in [6.45, 7) is 3.50. The Balaban J connectivity index is 1.34. The Morgan fingerprint density at radius 2 is 1.89 bits per heavy atom. The molecule has 9 heteroatoms. The molecule has 3 amide bonds. The van der Waals surface area contributed by atoms with Crippen LogP contribution in [-0.4, -0.2) is 58.0 Å². The zero-order chi connectivity index (χ0) is 24.5. The number of aryl methyl sites for hydroxylation is 1. The third kappa shape index (κ3) is 4.29. The maximum atomic E-state index is 13.4. The van der Waals surface area contributed by atoms with Gasteiger partial charge in [0.25, 0.3) is 11.8 Å². The monoisotopic (exact) mass is 473 g/mol. The highest BCUT2D eigenvalue weighted by atomic mass is 16.6. The molecule has 0 saturated carbocycles. The number of benzene rings is 2. The molecular formula is C26H27N5O4. The van der Waals surface area contributed by atoms with Crippen LogP contribution in [0.5, 0.6) is 0 Å². The largest absolute Gasteiger partial charge is 0.370 e. The molecule has 2 aliphatic rings. The van der Waals surface area contributed by atoms with Crippen LogP contribution in [0, 0.1) is 12.8 Å². The number of carbonyl (C=O) groups excluding carboxylic acids is 3. The van der Waals surface area contributed by atoms with Crippen molar-refractivity contribution in [2.24, 2.45) is 5.92 Å². The molecule has 2 aromatic carbocycles. The van der Waals surface area contributed by atoms with Gasteiger partial charge < -0.3 is 9.80 Å². The molecule has 3 heterocycles. The molecule has 1 saturated heterocycles. The van der Waals surface area contributed by atoms with Gasteiger partial charge in [-0.3, -0.25) is 19.3 Å². The second kappa shape index (κ2) is 9.32. The van der Waals surface area contributed by atoms with E-state index in [-0.39, 0.29) is 30.2 Å². The van der Waals surface area contributed by atoms with E-state index in [1.807, 2.05) is 43.4 Å². The van der Waals surface area contributed by atoms with Gasteiger partial charge in [-0.25, -0.2) is 4.63 Å². The number of amides is 3. The van der Waals surface area contributed by atoms with Gasteiger partial charge in [0, 0.05) is 26.7 Å². The molecule has 1 atom stereocenters. The Kier molecular flexibility index (Phi) is 6.07. The molecule has 5 rings (SSSR count). The van der Waals surface area contributed by atoms with Crippen molar-refractivity contribution in [1.82, 2.24) is 20.1 Å². The molecule has 9 nitrogen and oxygen atoms in total. The van der Waals surface area contributed by atoms with Gasteiger partial charge in [0.05, 0.1) is 29.3 Å². The van der Waals surface area contributed by atoms with Crippen LogP contribution in [-0.2, 0) is 17.9 Å². The Morgan fingerprint density at radius 3 is 2.63 bits per heavy atom. The predicted molar refractivity (Wildman–Crippen MR) is 128 cm³/mol. The molecule has 1 fully saturated rings. The SMILES string of the molecule is Cc1nonc1CN1C(=O)c2cccc(N3CCC[C@H](C(=O)N(C)Cc4ccccc4)C3)c2C1=O. The van der Waals surface area contributed by atoms with E-state index in [2.05, 4.69) is 15.2 Å². The number of piperidine rings is 1. The van der Waals surface area contributed by atoms with Crippen molar-refractivity contribution >= 4 is 23.4 Å². The van der Waals surface area contributed by atoms with Crippen LogP contribution in [0.2, 0.25) is 0 Å². The van der Waals surface area contributed by atoms with E-state index in [4.69, 9.17) is 4.63 Å². The lowest BCUT2D eigenvalue weighted by Crippen LogP contribution is -2.44. The Hall–Kier alpha value is -4.01. The zero-order valence-electron chi connectivity index (χ0n) is 19.8. The first-order valence-electron chi connectivity index (χ1n) is 11.7. The fraction of sp³-hybridized carbons (Fsp3) is 0.346. The molecule has 1 aromatic heterocycles. The Labute approximate surface area is 203 Å². The lowest BCUT2D eigenvalue weighted by Gasteiger charge is -2.36. The van der Waals surface area contributed by atoms with Gasteiger partial charge in [0.15, 0.2) is 0 Å². The lowest BCUT2D eigenvalue weighted by molar-refractivity contribution is -0.135. The van der Waals surface area contributed by atoms with Gasteiger partial charge in [-0.2, -0.15) is 0 Å². The van der Waals surface area contributed by atoms with Crippen molar-refractivity contribution in [3.05, 3.63) is 76.6 Å². The van der Waals surface area contributed by atoms with E-state index < -0.39 is 0 Å². The van der Waals surface area contributed by atoms with Crippen LogP contribution in [0.25, 0.3) is 0 Å². The number of anilines is 1. The molecule has 3 aromatic rings. The van der Waals surface area contributed by atoms with Crippen molar-refractivity contribution in [1.29, 1.82) is 0 Å². The first-order chi connectivity index (χ1) is 16.9. The van der Waals surface area contributed by atoms with Gasteiger partial charge in [0.1, 0.15) is 11.4 Å². The Bertz CT molecular complexity index is 1270. The number of imide groups is 1. The fourth-order valence-corrected chi connectivity index (χ4v) is 4.91. The molecule has 0 unspecified atom stereocenters. The van der Waals surface area contributed by atoms with Crippen molar-refractivity contribution in [3.63, 3.8) is 0 Å². The smallest absolute Gasteiger partial charge is 0.264 e. The number of aromatic nitrogens is 2. The third-order valence-electron chi connectivity index (χ3n) is 6.78. The quantitative estimate of drug-likeness (QED) is 0.507. The maximum Gasteiger partial charge on any atom is 0.264 e. The number of rotatable bonds is 6. The van der Waals surface area contributed by atoms with E-state index >= 15 is 0 Å². The van der Waals surface area contributed by atoms with Crippen molar-refractivity contribution in [2.45, 2.75) is 32.9 Å². The zero-order valence-corrected chi connectivity index (χ0v) is 19.8. The van der Waals surface area contributed by atoms with Crippen molar-refractivity contribution in [3.8, 4) is 0 Å². The van der Waals surface area contributed by atoms with Crippen molar-refractivity contribution < 1.29 is 19.0 Å². The van der Waals surface area contributed by atoms with E-state index in [0.717, 1.165) is 24.9 Å². The average molecular weight is 474 g/mol. The van der Waals surface area contributed by atoms with E-state index in [1.54, 1.807) is 24.0 Å². The van der Waals surface area contributed by atoms with E-state index in [9.17, 15) is 14.4 Å². The second-order valence-electron chi connectivity index (χ2n) is 9.16. The molecule has 0 radical (unpaired) electrons. The van der Waals surface area contributed by atoms with Gasteiger partial charge >= 0.3 is 0 Å². The molecular weight excluding hydrogens is 446 g/mol. The van der Waals surface area contributed by atoms with Crippen molar-refractivity contribution in [2.75, 3.05) is 25.0 Å². The van der Waals surface area contributed by atoms with Gasteiger partial charge in [-0.15, -0.1) is 0 Å². The molecule has 35 heavy (non-hydrogen) atoms. The minimum absolute atomic E-state index is 0.00646. The van der Waals surface area contributed by atoms with Crippen LogP contribution >= 0.6 is 0 Å². The van der Waals surface area contributed by atoms with Crippen LogP contribution in [0.3, 0.4) is 0 Å². The minimum atomic E-state index is -0.363. The second-order valence-corrected chi connectivity index (χ2v) is 9.16. The summed E-state index contributed by atoms with van der Waals surface area (Å²) >= 11 is 0. The number of hydrogen-bond acceptors (Lipinski definition) is 7. The molecule has 180 valence electrons. The standard InChI is InChI=1S/C26H27N5O4/c1-17-21(28-35-27-17)16-31-25(33)20-11-6-12-22(23(20)26(31)34)30-13-7-10-19(15-30)24(32)29(2)14-18-8-4-3-5-9-18/h3-6,8-9,11-12,19H,7,10,13-16H2,1-2H3/t19-/m0/s1. The summed E-state index contributed by atoms with van der Waals surface area (Å²) in [5, 5.41) is 7.55. The fourth-order valence-electron chi connectivity index (χ4n) is 4.91. The highest BCUT2D eigenvalue weighted by Crippen LogP contribution is 2.35. The molecule has 0 bridgehead atoms. The molecule has 0 spiro atoms. The normalized spacial score (nSPS) is 17.6. The average Bonchev–Trinajstić information content (AvgIpc) is 3.40.